The molecule has 6 nitrogen and oxygen atoms in total. The van der Waals surface area contributed by atoms with Crippen LogP contribution in [0.2, 0.25) is 0 Å². The largest absolute Gasteiger partial charge is 0.336 e. The van der Waals surface area contributed by atoms with Crippen molar-refractivity contribution in [3.05, 3.63) is 30.3 Å². The van der Waals surface area contributed by atoms with Gasteiger partial charge in [-0.25, -0.2) is 9.69 Å². The van der Waals surface area contributed by atoms with E-state index in [0.717, 1.165) is 9.80 Å². The van der Waals surface area contributed by atoms with Crippen LogP contribution in [0.3, 0.4) is 0 Å². The van der Waals surface area contributed by atoms with Gasteiger partial charge < -0.3 is 0 Å². The first-order chi connectivity index (χ1) is 8.95. The Balaban J connectivity index is 2.49. The molecule has 1 fully saturated rings. The third kappa shape index (κ3) is 2.01. The highest BCUT2D eigenvalue weighted by Crippen LogP contribution is 2.24. The first-order valence-electron chi connectivity index (χ1n) is 5.70. The molecule has 0 radical (unpaired) electrons. The molecule has 6 heteroatoms. The Morgan fingerprint density at radius 3 is 2.32 bits per heavy atom. The van der Waals surface area contributed by atoms with Gasteiger partial charge in [0.1, 0.15) is 11.6 Å². The second kappa shape index (κ2) is 4.64. The van der Waals surface area contributed by atoms with Gasteiger partial charge in [0, 0.05) is 7.05 Å². The average Bonchev–Trinajstić information content (AvgIpc) is 2.37. The number of hydrogen-bond acceptors (Lipinski definition) is 4. The molecular weight excluding hydrogens is 246 g/mol. The van der Waals surface area contributed by atoms with Gasteiger partial charge in [0.05, 0.1) is 5.69 Å². The third-order valence-corrected chi connectivity index (χ3v) is 2.99. The highest BCUT2D eigenvalue weighted by molar-refractivity contribution is 6.34. The first kappa shape index (κ1) is 12.9. The summed E-state index contributed by atoms with van der Waals surface area (Å²) in [4.78, 5) is 37.4. The van der Waals surface area contributed by atoms with Crippen LogP contribution in [0.5, 0.6) is 0 Å². The van der Waals surface area contributed by atoms with Crippen molar-refractivity contribution in [2.24, 2.45) is 5.92 Å². The molecule has 2 rings (SSSR count). The van der Waals surface area contributed by atoms with Crippen molar-refractivity contribution in [3.8, 4) is 0 Å². The fourth-order valence-electron chi connectivity index (χ4n) is 1.98. The first-order valence-corrected chi connectivity index (χ1v) is 5.70. The van der Waals surface area contributed by atoms with Crippen LogP contribution < -0.4 is 4.90 Å². The molecule has 1 aromatic rings. The number of carbonyl (C=O) groups excluding carboxylic acids is 3. The number of nitrogens with zero attached hydrogens (tertiary/aromatic N) is 2. The molecule has 3 amide bonds. The summed E-state index contributed by atoms with van der Waals surface area (Å²) in [6.07, 6.45) is 0. The Labute approximate surface area is 110 Å². The van der Waals surface area contributed by atoms with Gasteiger partial charge in [-0.1, -0.05) is 18.2 Å². The van der Waals surface area contributed by atoms with E-state index in [0.29, 0.717) is 5.69 Å². The lowest BCUT2D eigenvalue weighted by atomic mass is 9.98. The van der Waals surface area contributed by atoms with E-state index in [-0.39, 0.29) is 5.84 Å². The molecule has 1 heterocycles. The third-order valence-electron chi connectivity index (χ3n) is 2.99. The van der Waals surface area contributed by atoms with E-state index in [1.165, 1.54) is 14.0 Å². The van der Waals surface area contributed by atoms with Gasteiger partial charge in [-0.2, -0.15) is 0 Å². The fourth-order valence-corrected chi connectivity index (χ4v) is 1.98. The summed E-state index contributed by atoms with van der Waals surface area (Å²) in [5, 5.41) is 7.96. The number of para-hydroxylation sites is 1. The number of Topliss-reactive ketones (excluding diaryl/α,β-unsaturated/α-hetero) is 1. The van der Waals surface area contributed by atoms with Gasteiger partial charge >= 0.3 is 6.03 Å². The molecule has 1 aliphatic heterocycles. The van der Waals surface area contributed by atoms with E-state index < -0.39 is 23.6 Å². The van der Waals surface area contributed by atoms with Crippen LogP contribution in [-0.4, -0.2) is 35.5 Å². The highest BCUT2D eigenvalue weighted by atomic mass is 16.2. The van der Waals surface area contributed by atoms with E-state index in [1.54, 1.807) is 30.3 Å². The fraction of sp³-hybridized carbons (Fsp3) is 0.231. The summed E-state index contributed by atoms with van der Waals surface area (Å²) in [5.74, 6) is -2.63. The van der Waals surface area contributed by atoms with Crippen molar-refractivity contribution >= 4 is 29.2 Å². The molecule has 0 spiro atoms. The summed E-state index contributed by atoms with van der Waals surface area (Å²) in [6.45, 7) is 1.24. The van der Waals surface area contributed by atoms with Crippen molar-refractivity contribution in [1.82, 2.24) is 4.90 Å². The number of hydrogen-bond donors (Lipinski definition) is 1. The van der Waals surface area contributed by atoms with Crippen LogP contribution in [0.25, 0.3) is 0 Å². The molecule has 1 aromatic carbocycles. The lowest BCUT2D eigenvalue weighted by molar-refractivity contribution is -0.135. The molecule has 1 saturated heterocycles. The maximum Gasteiger partial charge on any atom is 0.336 e. The number of ketones is 1. The SMILES string of the molecule is CC(=O)C1C(=N)N(c2ccccc2)C(=O)N(C)C1=O. The van der Waals surface area contributed by atoms with Gasteiger partial charge in [-0.3, -0.25) is 19.9 Å². The van der Waals surface area contributed by atoms with Crippen LogP contribution in [-0.2, 0) is 9.59 Å². The topological polar surface area (TPSA) is 81.5 Å². The lowest BCUT2D eigenvalue weighted by Crippen LogP contribution is -2.60. The van der Waals surface area contributed by atoms with Crippen molar-refractivity contribution in [2.45, 2.75) is 6.92 Å². The average molecular weight is 259 g/mol. The van der Waals surface area contributed by atoms with Gasteiger partial charge in [-0.15, -0.1) is 0 Å². The second-order valence-corrected chi connectivity index (χ2v) is 4.28. The van der Waals surface area contributed by atoms with Crippen LogP contribution in [0, 0.1) is 11.3 Å². The monoisotopic (exact) mass is 259 g/mol. The Hall–Kier alpha value is -2.50. The number of amidine groups is 1. The second-order valence-electron chi connectivity index (χ2n) is 4.28. The number of carbonyl (C=O) groups is 3. The molecule has 0 aliphatic carbocycles. The van der Waals surface area contributed by atoms with Gasteiger partial charge in [0.2, 0.25) is 5.91 Å². The van der Waals surface area contributed by atoms with E-state index in [1.807, 2.05) is 0 Å². The zero-order valence-corrected chi connectivity index (χ0v) is 10.6. The highest BCUT2D eigenvalue weighted by Gasteiger charge is 2.44. The van der Waals surface area contributed by atoms with Crippen LogP contribution in [0.15, 0.2) is 30.3 Å². The number of amides is 3. The van der Waals surface area contributed by atoms with Crippen LogP contribution >= 0.6 is 0 Å². The van der Waals surface area contributed by atoms with Crippen LogP contribution in [0.4, 0.5) is 10.5 Å². The molecule has 1 N–H and O–H groups in total. The van der Waals surface area contributed by atoms with E-state index in [9.17, 15) is 14.4 Å². The summed E-state index contributed by atoms with van der Waals surface area (Å²) < 4.78 is 0. The molecule has 1 atom stereocenters. The molecule has 0 bridgehead atoms. The van der Waals surface area contributed by atoms with Crippen LogP contribution in [0.1, 0.15) is 6.92 Å². The van der Waals surface area contributed by atoms with E-state index in [2.05, 4.69) is 0 Å². The minimum Gasteiger partial charge on any atom is -0.299 e. The molecule has 0 aromatic heterocycles. The standard InChI is InChI=1S/C13H13N3O3/c1-8(17)10-11(14)16(9-6-4-3-5-7-9)13(19)15(2)12(10)18/h3-7,10,14H,1-2H3. The number of urea groups is 1. The molecule has 98 valence electrons. The predicted molar refractivity (Wildman–Crippen MR) is 69.0 cm³/mol. The summed E-state index contributed by atoms with van der Waals surface area (Å²) >= 11 is 0. The molecule has 0 saturated carbocycles. The zero-order valence-electron chi connectivity index (χ0n) is 10.6. The van der Waals surface area contributed by atoms with Gasteiger partial charge in [0.25, 0.3) is 0 Å². The number of nitrogens with one attached hydrogen (secondary N) is 1. The molecule has 19 heavy (non-hydrogen) atoms. The number of rotatable bonds is 2. The normalized spacial score (nSPS) is 19.9. The minimum atomic E-state index is -1.22. The maximum absolute atomic E-state index is 12.1. The Kier molecular flexibility index (Phi) is 3.16. The smallest absolute Gasteiger partial charge is 0.299 e. The Morgan fingerprint density at radius 2 is 1.79 bits per heavy atom. The number of anilines is 1. The summed E-state index contributed by atoms with van der Waals surface area (Å²) in [5.41, 5.74) is 0.461. The summed E-state index contributed by atoms with van der Waals surface area (Å²) in [6, 6.07) is 7.88. The van der Waals surface area contributed by atoms with Gasteiger partial charge in [0.15, 0.2) is 5.92 Å². The Bertz CT molecular complexity index is 568. The van der Waals surface area contributed by atoms with Crippen molar-refractivity contribution < 1.29 is 14.4 Å². The summed E-state index contributed by atoms with van der Waals surface area (Å²) in [7, 11) is 1.31. The van der Waals surface area contributed by atoms with Crippen molar-refractivity contribution in [2.75, 3.05) is 11.9 Å². The Morgan fingerprint density at radius 1 is 1.21 bits per heavy atom. The van der Waals surface area contributed by atoms with E-state index >= 15 is 0 Å². The molecular formula is C13H13N3O3. The number of benzene rings is 1. The van der Waals surface area contributed by atoms with Gasteiger partial charge in [-0.05, 0) is 19.1 Å². The van der Waals surface area contributed by atoms with Crippen molar-refractivity contribution in [3.63, 3.8) is 0 Å². The minimum absolute atomic E-state index is 0.299. The molecule has 1 aliphatic rings. The zero-order chi connectivity index (χ0) is 14.2. The predicted octanol–water partition coefficient (Wildman–Crippen LogP) is 1.27. The lowest BCUT2D eigenvalue weighted by Gasteiger charge is -2.36. The maximum atomic E-state index is 12.1. The van der Waals surface area contributed by atoms with E-state index in [4.69, 9.17) is 5.41 Å². The molecule has 1 unspecified atom stereocenters. The van der Waals surface area contributed by atoms with Crippen molar-refractivity contribution in [1.29, 1.82) is 5.41 Å². The quantitative estimate of drug-likeness (QED) is 0.812. The number of imide groups is 1.